The van der Waals surface area contributed by atoms with E-state index in [0.29, 0.717) is 18.2 Å². The summed E-state index contributed by atoms with van der Waals surface area (Å²) in [6, 6.07) is 7.64. The van der Waals surface area contributed by atoms with Gasteiger partial charge < -0.3 is 15.8 Å². The van der Waals surface area contributed by atoms with Crippen LogP contribution in [0.2, 0.25) is 0 Å². The van der Waals surface area contributed by atoms with Crippen molar-refractivity contribution < 1.29 is 9.53 Å². The highest BCUT2D eigenvalue weighted by Crippen LogP contribution is 2.13. The molecular formula is C16H25N3O2. The Balaban J connectivity index is 1.70. The van der Waals surface area contributed by atoms with E-state index < -0.39 is 0 Å². The van der Waals surface area contributed by atoms with Gasteiger partial charge in [-0.15, -0.1) is 0 Å². The van der Waals surface area contributed by atoms with Gasteiger partial charge in [-0.3, -0.25) is 9.69 Å². The van der Waals surface area contributed by atoms with Crippen LogP contribution in [0.4, 0.5) is 11.4 Å². The van der Waals surface area contributed by atoms with Crippen LogP contribution in [-0.2, 0) is 9.53 Å². The molecule has 2 unspecified atom stereocenters. The van der Waals surface area contributed by atoms with Gasteiger partial charge in [0.15, 0.2) is 0 Å². The standard InChI is InChI=1S/C16H25N3O2/c1-12-11-21-13(2)10-19(12)9-3-4-16(20)18-15-7-5-14(17)6-8-15/h5-8,12-13H,3-4,9-11,17H2,1-2H3,(H,18,20). The molecule has 1 fully saturated rings. The van der Waals surface area contributed by atoms with E-state index in [4.69, 9.17) is 10.5 Å². The molecule has 0 radical (unpaired) electrons. The predicted octanol–water partition coefficient (Wildman–Crippen LogP) is 2.10. The third-order valence-electron chi connectivity index (χ3n) is 3.78. The van der Waals surface area contributed by atoms with E-state index in [1.54, 1.807) is 12.1 Å². The van der Waals surface area contributed by atoms with Gasteiger partial charge in [0.05, 0.1) is 12.7 Å². The van der Waals surface area contributed by atoms with Gasteiger partial charge in [-0.1, -0.05) is 0 Å². The topological polar surface area (TPSA) is 67.6 Å². The Morgan fingerprint density at radius 2 is 2.10 bits per heavy atom. The van der Waals surface area contributed by atoms with Crippen molar-refractivity contribution in [2.75, 3.05) is 30.7 Å². The molecule has 3 N–H and O–H groups in total. The molecule has 0 aliphatic carbocycles. The summed E-state index contributed by atoms with van der Waals surface area (Å²) in [5.74, 6) is 0.0498. The van der Waals surface area contributed by atoms with E-state index in [2.05, 4.69) is 24.1 Å². The molecule has 116 valence electrons. The fourth-order valence-electron chi connectivity index (χ4n) is 2.52. The number of ether oxygens (including phenoxy) is 1. The Morgan fingerprint density at radius 3 is 2.81 bits per heavy atom. The number of rotatable bonds is 5. The van der Waals surface area contributed by atoms with Crippen LogP contribution in [0.25, 0.3) is 0 Å². The largest absolute Gasteiger partial charge is 0.399 e. The van der Waals surface area contributed by atoms with Gasteiger partial charge in [-0.05, 0) is 51.1 Å². The number of hydrogen-bond acceptors (Lipinski definition) is 4. The average molecular weight is 291 g/mol. The first kappa shape index (κ1) is 15.8. The first-order valence-electron chi connectivity index (χ1n) is 7.55. The lowest BCUT2D eigenvalue weighted by Gasteiger charge is -2.36. The minimum absolute atomic E-state index is 0.0498. The molecule has 2 rings (SSSR count). The molecule has 1 heterocycles. The average Bonchev–Trinajstić information content (AvgIpc) is 2.45. The molecule has 2 atom stereocenters. The summed E-state index contributed by atoms with van der Waals surface area (Å²) in [5, 5.41) is 2.89. The van der Waals surface area contributed by atoms with Gasteiger partial charge in [-0.2, -0.15) is 0 Å². The second-order valence-electron chi connectivity index (χ2n) is 5.76. The maximum atomic E-state index is 11.9. The lowest BCUT2D eigenvalue weighted by atomic mass is 10.1. The minimum Gasteiger partial charge on any atom is -0.399 e. The number of benzene rings is 1. The van der Waals surface area contributed by atoms with Crippen LogP contribution >= 0.6 is 0 Å². The molecule has 5 nitrogen and oxygen atoms in total. The fourth-order valence-corrected chi connectivity index (χ4v) is 2.52. The smallest absolute Gasteiger partial charge is 0.224 e. The van der Waals surface area contributed by atoms with Crippen molar-refractivity contribution in [3.05, 3.63) is 24.3 Å². The Bertz CT molecular complexity index is 461. The first-order valence-corrected chi connectivity index (χ1v) is 7.55. The summed E-state index contributed by atoms with van der Waals surface area (Å²) in [5.41, 5.74) is 7.11. The lowest BCUT2D eigenvalue weighted by Crippen LogP contribution is -2.47. The van der Waals surface area contributed by atoms with Crippen LogP contribution in [0.5, 0.6) is 0 Å². The quantitative estimate of drug-likeness (QED) is 0.815. The highest BCUT2D eigenvalue weighted by Gasteiger charge is 2.22. The fraction of sp³-hybridized carbons (Fsp3) is 0.562. The van der Waals surface area contributed by atoms with Gasteiger partial charge in [0.2, 0.25) is 5.91 Å². The molecule has 1 aromatic rings. The molecular weight excluding hydrogens is 266 g/mol. The Morgan fingerprint density at radius 1 is 1.38 bits per heavy atom. The van der Waals surface area contributed by atoms with Crippen molar-refractivity contribution in [3.8, 4) is 0 Å². The predicted molar refractivity (Wildman–Crippen MR) is 85.2 cm³/mol. The Labute approximate surface area is 126 Å². The van der Waals surface area contributed by atoms with Crippen LogP contribution in [-0.4, -0.2) is 42.6 Å². The van der Waals surface area contributed by atoms with E-state index >= 15 is 0 Å². The molecule has 5 heteroatoms. The maximum Gasteiger partial charge on any atom is 0.224 e. The van der Waals surface area contributed by atoms with Crippen LogP contribution in [0, 0.1) is 0 Å². The van der Waals surface area contributed by atoms with Gasteiger partial charge in [0.25, 0.3) is 0 Å². The summed E-state index contributed by atoms with van der Waals surface area (Å²) >= 11 is 0. The highest BCUT2D eigenvalue weighted by atomic mass is 16.5. The van der Waals surface area contributed by atoms with Crippen molar-refractivity contribution in [1.82, 2.24) is 4.90 Å². The van der Waals surface area contributed by atoms with Crippen molar-refractivity contribution >= 4 is 17.3 Å². The molecule has 0 spiro atoms. The Hall–Kier alpha value is -1.59. The first-order chi connectivity index (χ1) is 10.0. The summed E-state index contributed by atoms with van der Waals surface area (Å²) in [6.07, 6.45) is 1.67. The zero-order chi connectivity index (χ0) is 15.2. The van der Waals surface area contributed by atoms with Crippen molar-refractivity contribution in [2.24, 2.45) is 0 Å². The lowest BCUT2D eigenvalue weighted by molar-refractivity contribution is -0.116. The summed E-state index contributed by atoms with van der Waals surface area (Å²) in [7, 11) is 0. The zero-order valence-electron chi connectivity index (χ0n) is 12.8. The third-order valence-corrected chi connectivity index (χ3v) is 3.78. The van der Waals surface area contributed by atoms with Crippen LogP contribution in [0.1, 0.15) is 26.7 Å². The van der Waals surface area contributed by atoms with E-state index in [1.165, 1.54) is 0 Å². The number of morpholine rings is 1. The molecule has 1 amide bonds. The molecule has 1 aromatic carbocycles. The summed E-state index contributed by atoms with van der Waals surface area (Å²) in [4.78, 5) is 14.3. The van der Waals surface area contributed by atoms with Crippen LogP contribution in [0.15, 0.2) is 24.3 Å². The summed E-state index contributed by atoms with van der Waals surface area (Å²) in [6.45, 7) is 6.91. The molecule has 1 aliphatic rings. The van der Waals surface area contributed by atoms with Crippen LogP contribution < -0.4 is 11.1 Å². The van der Waals surface area contributed by atoms with Crippen LogP contribution in [0.3, 0.4) is 0 Å². The molecule has 0 saturated carbocycles. The van der Waals surface area contributed by atoms with E-state index in [-0.39, 0.29) is 12.0 Å². The van der Waals surface area contributed by atoms with Gasteiger partial charge >= 0.3 is 0 Å². The number of amides is 1. The van der Waals surface area contributed by atoms with Gasteiger partial charge in [0, 0.05) is 30.4 Å². The monoisotopic (exact) mass is 291 g/mol. The number of nitrogen functional groups attached to an aromatic ring is 1. The number of anilines is 2. The number of carbonyl (C=O) groups is 1. The van der Waals surface area contributed by atoms with E-state index in [0.717, 1.165) is 31.8 Å². The van der Waals surface area contributed by atoms with Crippen molar-refractivity contribution in [1.29, 1.82) is 0 Å². The molecule has 0 bridgehead atoms. The number of carbonyl (C=O) groups excluding carboxylic acids is 1. The van der Waals surface area contributed by atoms with E-state index in [1.807, 2.05) is 12.1 Å². The SMILES string of the molecule is CC1CN(CCCC(=O)Nc2ccc(N)cc2)C(C)CO1. The second kappa shape index (κ2) is 7.43. The van der Waals surface area contributed by atoms with Gasteiger partial charge in [-0.25, -0.2) is 0 Å². The highest BCUT2D eigenvalue weighted by molar-refractivity contribution is 5.90. The zero-order valence-corrected chi connectivity index (χ0v) is 12.8. The van der Waals surface area contributed by atoms with Crippen molar-refractivity contribution in [2.45, 2.75) is 38.8 Å². The number of nitrogens with zero attached hydrogens (tertiary/aromatic N) is 1. The van der Waals surface area contributed by atoms with Crippen molar-refractivity contribution in [3.63, 3.8) is 0 Å². The molecule has 1 saturated heterocycles. The minimum atomic E-state index is 0.0498. The number of nitrogens with one attached hydrogen (secondary N) is 1. The van der Waals surface area contributed by atoms with E-state index in [9.17, 15) is 4.79 Å². The number of hydrogen-bond donors (Lipinski definition) is 2. The third kappa shape index (κ3) is 5.02. The second-order valence-corrected chi connectivity index (χ2v) is 5.76. The summed E-state index contributed by atoms with van der Waals surface area (Å²) < 4.78 is 5.61. The maximum absolute atomic E-state index is 11.9. The molecule has 0 aromatic heterocycles. The molecule has 1 aliphatic heterocycles. The normalized spacial score (nSPS) is 23.0. The molecule has 21 heavy (non-hydrogen) atoms. The van der Waals surface area contributed by atoms with Gasteiger partial charge in [0.1, 0.15) is 0 Å². The number of nitrogens with two attached hydrogens (primary N) is 1. The Kier molecular flexibility index (Phi) is 5.59.